The van der Waals surface area contributed by atoms with Gasteiger partial charge in [-0.2, -0.15) is 0 Å². The van der Waals surface area contributed by atoms with E-state index in [-0.39, 0.29) is 5.91 Å². The Morgan fingerprint density at radius 3 is 2.79 bits per heavy atom. The van der Waals surface area contributed by atoms with Crippen LogP contribution in [0.1, 0.15) is 6.42 Å². The van der Waals surface area contributed by atoms with Gasteiger partial charge in [0.25, 0.3) is 5.91 Å². The Morgan fingerprint density at radius 2 is 2.29 bits per heavy atom. The van der Waals surface area contributed by atoms with E-state index in [4.69, 9.17) is 5.11 Å². The van der Waals surface area contributed by atoms with E-state index in [2.05, 4.69) is 11.8 Å². The molecule has 0 aromatic heterocycles. The van der Waals surface area contributed by atoms with E-state index in [1.165, 1.54) is 0 Å². The Kier molecular flexibility index (Phi) is 3.93. The quantitative estimate of drug-likeness (QED) is 0.585. The van der Waals surface area contributed by atoms with Crippen molar-refractivity contribution < 1.29 is 9.90 Å². The van der Waals surface area contributed by atoms with Crippen LogP contribution in [0.25, 0.3) is 0 Å². The summed E-state index contributed by atoms with van der Waals surface area (Å²) < 4.78 is 0. The number of amides is 1. The van der Waals surface area contributed by atoms with Crippen LogP contribution in [-0.4, -0.2) is 60.6 Å². The normalized spacial score (nSPS) is 21.3. The molecule has 1 aliphatic heterocycles. The second-order valence-corrected chi connectivity index (χ2v) is 3.66. The third-order valence-corrected chi connectivity index (χ3v) is 2.06. The van der Waals surface area contributed by atoms with Gasteiger partial charge in [-0.15, -0.1) is 0 Å². The first-order valence-electron chi connectivity index (χ1n) is 4.68. The van der Waals surface area contributed by atoms with Gasteiger partial charge in [0.1, 0.15) is 6.10 Å². The average Bonchev–Trinajstić information content (AvgIpc) is 2.43. The van der Waals surface area contributed by atoms with Crippen LogP contribution in [-0.2, 0) is 4.79 Å². The average molecular weight is 196 g/mol. The number of nitrogens with zero attached hydrogens (tertiary/aromatic N) is 2. The maximum Gasteiger partial charge on any atom is 0.252 e. The first-order chi connectivity index (χ1) is 6.61. The Balaban J connectivity index is 2.31. The standard InChI is InChI=1S/C10H16N2O2/c1-11(2)6-3-4-7-12-8-5-9(13)10(12)14/h9,13H,5-8H2,1-2H3/t9-/m1/s1. The van der Waals surface area contributed by atoms with Crippen molar-refractivity contribution >= 4 is 5.91 Å². The van der Waals surface area contributed by atoms with Crippen molar-refractivity contribution in [1.29, 1.82) is 0 Å². The number of hydrogen-bond acceptors (Lipinski definition) is 3. The minimum absolute atomic E-state index is 0.191. The predicted molar refractivity (Wildman–Crippen MR) is 53.5 cm³/mol. The Labute approximate surface area is 84.5 Å². The number of likely N-dealkylation sites (tertiary alicyclic amines) is 1. The number of aliphatic hydroxyl groups is 1. The number of carbonyl (C=O) groups is 1. The Morgan fingerprint density at radius 1 is 1.57 bits per heavy atom. The second-order valence-electron chi connectivity index (χ2n) is 3.66. The first-order valence-corrected chi connectivity index (χ1v) is 4.68. The Bertz CT molecular complexity index is 265. The van der Waals surface area contributed by atoms with Crippen LogP contribution in [0, 0.1) is 11.8 Å². The van der Waals surface area contributed by atoms with Crippen LogP contribution in [0.5, 0.6) is 0 Å². The molecule has 1 heterocycles. The summed E-state index contributed by atoms with van der Waals surface area (Å²) in [5, 5.41) is 9.17. The van der Waals surface area contributed by atoms with E-state index in [1.807, 2.05) is 19.0 Å². The van der Waals surface area contributed by atoms with Gasteiger partial charge < -0.3 is 10.0 Å². The Hall–Kier alpha value is -1.05. The molecule has 0 spiro atoms. The lowest BCUT2D eigenvalue weighted by molar-refractivity contribution is -0.133. The number of aliphatic hydroxyl groups excluding tert-OH is 1. The van der Waals surface area contributed by atoms with Crippen molar-refractivity contribution in [2.24, 2.45) is 0 Å². The molecule has 1 amide bonds. The van der Waals surface area contributed by atoms with E-state index in [0.717, 1.165) is 0 Å². The molecule has 78 valence electrons. The van der Waals surface area contributed by atoms with Gasteiger partial charge in [0, 0.05) is 6.54 Å². The fourth-order valence-corrected chi connectivity index (χ4v) is 1.24. The maximum atomic E-state index is 11.2. The highest BCUT2D eigenvalue weighted by molar-refractivity contribution is 5.82. The van der Waals surface area contributed by atoms with Crippen molar-refractivity contribution in [1.82, 2.24) is 9.80 Å². The van der Waals surface area contributed by atoms with Gasteiger partial charge >= 0.3 is 0 Å². The molecule has 0 saturated carbocycles. The lowest BCUT2D eigenvalue weighted by Gasteiger charge is -2.10. The number of hydrogen-bond donors (Lipinski definition) is 1. The minimum Gasteiger partial charge on any atom is -0.383 e. The molecule has 4 nitrogen and oxygen atoms in total. The third kappa shape index (κ3) is 3.02. The summed E-state index contributed by atoms with van der Waals surface area (Å²) in [5.74, 6) is 5.67. The molecule has 1 rings (SSSR count). The van der Waals surface area contributed by atoms with Crippen LogP contribution in [0.2, 0.25) is 0 Å². The van der Waals surface area contributed by atoms with Gasteiger partial charge in [0.05, 0.1) is 13.1 Å². The fraction of sp³-hybridized carbons (Fsp3) is 0.700. The molecule has 1 aliphatic rings. The van der Waals surface area contributed by atoms with Crippen LogP contribution < -0.4 is 0 Å². The SMILES string of the molecule is CN(C)CC#CCN1CC[C@@H](O)C1=O. The molecule has 0 aromatic carbocycles. The topological polar surface area (TPSA) is 43.8 Å². The summed E-state index contributed by atoms with van der Waals surface area (Å²) in [6.45, 7) is 1.75. The summed E-state index contributed by atoms with van der Waals surface area (Å²) in [6.07, 6.45) is -0.264. The largest absolute Gasteiger partial charge is 0.383 e. The summed E-state index contributed by atoms with van der Waals surface area (Å²) in [5.41, 5.74) is 0. The van der Waals surface area contributed by atoms with Gasteiger partial charge in [-0.1, -0.05) is 11.8 Å². The zero-order chi connectivity index (χ0) is 10.6. The third-order valence-electron chi connectivity index (χ3n) is 2.06. The van der Waals surface area contributed by atoms with Crippen LogP contribution in [0.15, 0.2) is 0 Å². The lowest BCUT2D eigenvalue weighted by atomic mass is 10.3. The monoisotopic (exact) mass is 196 g/mol. The fourth-order valence-electron chi connectivity index (χ4n) is 1.24. The minimum atomic E-state index is -0.800. The summed E-state index contributed by atoms with van der Waals surface area (Å²) in [4.78, 5) is 14.8. The van der Waals surface area contributed by atoms with Gasteiger partial charge in [0.2, 0.25) is 0 Å². The molecule has 0 unspecified atom stereocenters. The molecule has 1 fully saturated rings. The molecule has 1 atom stereocenters. The van der Waals surface area contributed by atoms with Gasteiger partial charge in [0.15, 0.2) is 0 Å². The molecule has 14 heavy (non-hydrogen) atoms. The number of rotatable bonds is 2. The zero-order valence-electron chi connectivity index (χ0n) is 8.66. The highest BCUT2D eigenvalue weighted by atomic mass is 16.3. The van der Waals surface area contributed by atoms with Crippen molar-refractivity contribution in [2.45, 2.75) is 12.5 Å². The molecular weight excluding hydrogens is 180 g/mol. The summed E-state index contributed by atoms with van der Waals surface area (Å²) in [6, 6.07) is 0. The highest BCUT2D eigenvalue weighted by Crippen LogP contribution is 2.09. The first kappa shape index (κ1) is 11.0. The van der Waals surface area contributed by atoms with Crippen LogP contribution >= 0.6 is 0 Å². The lowest BCUT2D eigenvalue weighted by Crippen LogP contribution is -2.29. The molecule has 1 N–H and O–H groups in total. The van der Waals surface area contributed by atoms with Gasteiger partial charge in [-0.25, -0.2) is 0 Å². The van der Waals surface area contributed by atoms with Crippen molar-refractivity contribution in [3.63, 3.8) is 0 Å². The van der Waals surface area contributed by atoms with Crippen molar-refractivity contribution in [2.75, 3.05) is 33.7 Å². The highest BCUT2D eigenvalue weighted by Gasteiger charge is 2.28. The number of carbonyl (C=O) groups excluding carboxylic acids is 1. The van der Waals surface area contributed by atoms with E-state index in [0.29, 0.717) is 26.1 Å². The maximum absolute atomic E-state index is 11.2. The molecule has 0 bridgehead atoms. The van der Waals surface area contributed by atoms with Crippen molar-refractivity contribution in [3.05, 3.63) is 0 Å². The van der Waals surface area contributed by atoms with Gasteiger partial charge in [-0.3, -0.25) is 9.69 Å². The van der Waals surface area contributed by atoms with Crippen LogP contribution in [0.4, 0.5) is 0 Å². The second kappa shape index (κ2) is 4.99. The zero-order valence-corrected chi connectivity index (χ0v) is 8.66. The van der Waals surface area contributed by atoms with E-state index < -0.39 is 6.10 Å². The van der Waals surface area contributed by atoms with E-state index in [1.54, 1.807) is 4.90 Å². The summed E-state index contributed by atoms with van der Waals surface area (Å²) in [7, 11) is 3.89. The smallest absolute Gasteiger partial charge is 0.252 e. The predicted octanol–water partition coefficient (Wildman–Crippen LogP) is -0.855. The molecule has 4 heteroatoms. The molecule has 0 aliphatic carbocycles. The van der Waals surface area contributed by atoms with Crippen LogP contribution in [0.3, 0.4) is 0 Å². The van der Waals surface area contributed by atoms with Gasteiger partial charge in [-0.05, 0) is 20.5 Å². The van der Waals surface area contributed by atoms with E-state index in [9.17, 15) is 4.79 Å². The van der Waals surface area contributed by atoms with Crippen molar-refractivity contribution in [3.8, 4) is 11.8 Å². The molecule has 0 radical (unpaired) electrons. The molecule has 0 aromatic rings. The van der Waals surface area contributed by atoms with E-state index >= 15 is 0 Å². The molecular formula is C10H16N2O2. The summed E-state index contributed by atoms with van der Waals surface area (Å²) >= 11 is 0. The molecule has 1 saturated heterocycles.